The average molecular weight is 278 g/mol. The first-order chi connectivity index (χ1) is 10.2. The molecule has 2 N–H and O–H groups in total. The molecule has 0 bridgehead atoms. The van der Waals surface area contributed by atoms with E-state index in [9.17, 15) is 4.79 Å². The van der Waals surface area contributed by atoms with E-state index in [2.05, 4.69) is 16.3 Å². The quantitative estimate of drug-likeness (QED) is 0.765. The van der Waals surface area contributed by atoms with E-state index in [0.717, 1.165) is 27.7 Å². The zero-order valence-corrected chi connectivity index (χ0v) is 11.3. The van der Waals surface area contributed by atoms with E-state index in [0.29, 0.717) is 11.5 Å². The standard InChI is InChI=1S/C17H14N2O2/c20-17(21)13-3-1-2-11(8-13)12-6-7-15-14(9-12)16(19-18-15)10-4-5-10/h1-3,6-10H,4-5H2,(H,18,19)(H,20,21). The van der Waals surface area contributed by atoms with Crippen LogP contribution in [0.2, 0.25) is 0 Å². The first kappa shape index (κ1) is 12.1. The zero-order valence-electron chi connectivity index (χ0n) is 11.3. The van der Waals surface area contributed by atoms with Crippen molar-refractivity contribution in [3.63, 3.8) is 0 Å². The van der Waals surface area contributed by atoms with Crippen molar-refractivity contribution < 1.29 is 9.90 Å². The minimum absolute atomic E-state index is 0.308. The van der Waals surface area contributed by atoms with E-state index in [1.807, 2.05) is 18.2 Å². The lowest BCUT2D eigenvalue weighted by Gasteiger charge is -2.04. The van der Waals surface area contributed by atoms with Crippen molar-refractivity contribution in [2.75, 3.05) is 0 Å². The van der Waals surface area contributed by atoms with Crippen molar-refractivity contribution in [3.05, 3.63) is 53.7 Å². The van der Waals surface area contributed by atoms with Gasteiger partial charge in [-0.05, 0) is 48.2 Å². The van der Waals surface area contributed by atoms with Crippen LogP contribution in [0.3, 0.4) is 0 Å². The van der Waals surface area contributed by atoms with E-state index < -0.39 is 5.97 Å². The second-order valence-electron chi connectivity index (χ2n) is 5.53. The van der Waals surface area contributed by atoms with Gasteiger partial charge in [-0.2, -0.15) is 5.10 Å². The van der Waals surface area contributed by atoms with E-state index in [4.69, 9.17) is 5.11 Å². The number of nitrogens with one attached hydrogen (secondary N) is 1. The lowest BCUT2D eigenvalue weighted by molar-refractivity contribution is 0.0697. The van der Waals surface area contributed by atoms with Crippen LogP contribution in [-0.2, 0) is 0 Å². The number of carbonyl (C=O) groups is 1. The van der Waals surface area contributed by atoms with Crippen LogP contribution in [0.1, 0.15) is 34.8 Å². The molecular formula is C17H14N2O2. The van der Waals surface area contributed by atoms with Gasteiger partial charge in [-0.1, -0.05) is 18.2 Å². The normalized spacial score (nSPS) is 14.5. The van der Waals surface area contributed by atoms with Gasteiger partial charge < -0.3 is 5.11 Å². The Morgan fingerprint density at radius 2 is 1.95 bits per heavy atom. The summed E-state index contributed by atoms with van der Waals surface area (Å²) in [7, 11) is 0. The van der Waals surface area contributed by atoms with Crippen LogP contribution < -0.4 is 0 Å². The van der Waals surface area contributed by atoms with Gasteiger partial charge in [0.25, 0.3) is 0 Å². The Hall–Kier alpha value is -2.62. The summed E-state index contributed by atoms with van der Waals surface area (Å²) < 4.78 is 0. The van der Waals surface area contributed by atoms with Crippen molar-refractivity contribution in [1.29, 1.82) is 0 Å². The Kier molecular flexibility index (Phi) is 2.57. The molecule has 1 fully saturated rings. The summed E-state index contributed by atoms with van der Waals surface area (Å²) in [6, 6.07) is 13.1. The van der Waals surface area contributed by atoms with Gasteiger partial charge in [0.15, 0.2) is 0 Å². The molecule has 1 aliphatic rings. The molecule has 1 saturated carbocycles. The van der Waals surface area contributed by atoms with Gasteiger partial charge in [-0.25, -0.2) is 4.79 Å². The molecule has 0 saturated heterocycles. The van der Waals surface area contributed by atoms with Crippen LogP contribution >= 0.6 is 0 Å². The second-order valence-corrected chi connectivity index (χ2v) is 5.53. The highest BCUT2D eigenvalue weighted by molar-refractivity contribution is 5.91. The molecule has 3 aromatic rings. The Morgan fingerprint density at radius 1 is 1.14 bits per heavy atom. The Morgan fingerprint density at radius 3 is 2.71 bits per heavy atom. The number of rotatable bonds is 3. The minimum atomic E-state index is -0.903. The molecule has 4 nitrogen and oxygen atoms in total. The fourth-order valence-electron chi connectivity index (χ4n) is 2.71. The Bertz CT molecular complexity index is 847. The van der Waals surface area contributed by atoms with Crippen molar-refractivity contribution >= 4 is 16.9 Å². The number of H-pyrrole nitrogens is 1. The Balaban J connectivity index is 1.84. The van der Waals surface area contributed by atoms with Gasteiger partial charge in [0.05, 0.1) is 16.8 Å². The second kappa shape index (κ2) is 4.45. The molecule has 0 amide bonds. The molecule has 1 heterocycles. The number of aromatic nitrogens is 2. The predicted octanol–water partition coefficient (Wildman–Crippen LogP) is 3.81. The van der Waals surface area contributed by atoms with E-state index in [1.54, 1.807) is 18.2 Å². The fourth-order valence-corrected chi connectivity index (χ4v) is 2.71. The number of nitrogens with zero attached hydrogens (tertiary/aromatic N) is 1. The smallest absolute Gasteiger partial charge is 0.335 e. The maximum atomic E-state index is 11.1. The highest BCUT2D eigenvalue weighted by Crippen LogP contribution is 2.42. The third kappa shape index (κ3) is 2.09. The monoisotopic (exact) mass is 278 g/mol. The highest BCUT2D eigenvalue weighted by Gasteiger charge is 2.27. The molecule has 4 rings (SSSR count). The maximum Gasteiger partial charge on any atom is 0.335 e. The number of fused-ring (bicyclic) bond motifs is 1. The van der Waals surface area contributed by atoms with Crippen LogP contribution in [-0.4, -0.2) is 21.3 Å². The summed E-state index contributed by atoms with van der Waals surface area (Å²) in [5.41, 5.74) is 4.42. The van der Waals surface area contributed by atoms with Crippen molar-refractivity contribution in [2.24, 2.45) is 0 Å². The molecule has 4 heteroatoms. The van der Waals surface area contributed by atoms with Gasteiger partial charge >= 0.3 is 5.97 Å². The molecule has 0 aliphatic heterocycles. The molecule has 104 valence electrons. The number of aromatic amines is 1. The topological polar surface area (TPSA) is 66.0 Å². The molecule has 0 spiro atoms. The zero-order chi connectivity index (χ0) is 14.4. The van der Waals surface area contributed by atoms with Crippen LogP contribution in [0.4, 0.5) is 0 Å². The highest BCUT2D eigenvalue weighted by atomic mass is 16.4. The summed E-state index contributed by atoms with van der Waals surface area (Å²) in [5, 5.41) is 17.7. The van der Waals surface area contributed by atoms with Crippen molar-refractivity contribution in [2.45, 2.75) is 18.8 Å². The SMILES string of the molecule is O=C(O)c1cccc(-c2ccc3[nH]nc(C4CC4)c3c2)c1. The molecule has 1 aromatic heterocycles. The summed E-state index contributed by atoms with van der Waals surface area (Å²) in [5.74, 6) is -0.320. The minimum Gasteiger partial charge on any atom is -0.478 e. The summed E-state index contributed by atoms with van der Waals surface area (Å²) >= 11 is 0. The van der Waals surface area contributed by atoms with Crippen molar-refractivity contribution in [3.8, 4) is 11.1 Å². The first-order valence-electron chi connectivity index (χ1n) is 7.04. The molecule has 2 aromatic carbocycles. The number of carboxylic acids is 1. The summed E-state index contributed by atoms with van der Waals surface area (Å²) in [6.45, 7) is 0. The molecule has 0 radical (unpaired) electrons. The molecule has 0 unspecified atom stereocenters. The summed E-state index contributed by atoms with van der Waals surface area (Å²) in [6.07, 6.45) is 2.41. The van der Waals surface area contributed by atoms with Gasteiger partial charge in [0, 0.05) is 11.3 Å². The lowest BCUT2D eigenvalue weighted by Crippen LogP contribution is -1.95. The van der Waals surface area contributed by atoms with Gasteiger partial charge in [-0.15, -0.1) is 0 Å². The van der Waals surface area contributed by atoms with Crippen LogP contribution in [0.25, 0.3) is 22.0 Å². The van der Waals surface area contributed by atoms with Gasteiger partial charge in [0.1, 0.15) is 0 Å². The van der Waals surface area contributed by atoms with E-state index in [-0.39, 0.29) is 0 Å². The number of benzene rings is 2. The third-order valence-electron chi connectivity index (χ3n) is 4.00. The largest absolute Gasteiger partial charge is 0.478 e. The third-order valence-corrected chi connectivity index (χ3v) is 4.00. The molecule has 1 aliphatic carbocycles. The number of aromatic carboxylic acids is 1. The molecular weight excluding hydrogens is 264 g/mol. The van der Waals surface area contributed by atoms with Crippen molar-refractivity contribution in [1.82, 2.24) is 10.2 Å². The summed E-state index contributed by atoms with van der Waals surface area (Å²) in [4.78, 5) is 11.1. The lowest BCUT2D eigenvalue weighted by atomic mass is 10.0. The van der Waals surface area contributed by atoms with Crippen LogP contribution in [0, 0.1) is 0 Å². The predicted molar refractivity (Wildman–Crippen MR) is 80.5 cm³/mol. The maximum absolute atomic E-state index is 11.1. The fraction of sp³-hybridized carbons (Fsp3) is 0.176. The first-order valence-corrected chi connectivity index (χ1v) is 7.04. The van der Waals surface area contributed by atoms with E-state index in [1.165, 1.54) is 12.8 Å². The van der Waals surface area contributed by atoms with Gasteiger partial charge in [-0.3, -0.25) is 5.10 Å². The Labute approximate surface area is 121 Å². The average Bonchev–Trinajstić information content (AvgIpc) is 3.26. The number of carboxylic acid groups (broad SMARTS) is 1. The number of hydrogen-bond donors (Lipinski definition) is 2. The van der Waals surface area contributed by atoms with Gasteiger partial charge in [0.2, 0.25) is 0 Å². The molecule has 21 heavy (non-hydrogen) atoms. The van der Waals surface area contributed by atoms with Crippen LogP contribution in [0.15, 0.2) is 42.5 Å². The molecule has 0 atom stereocenters. The van der Waals surface area contributed by atoms with E-state index >= 15 is 0 Å². The number of hydrogen-bond acceptors (Lipinski definition) is 2. The van der Waals surface area contributed by atoms with Crippen LogP contribution in [0.5, 0.6) is 0 Å².